The Hall–Kier alpha value is -2.32. The number of aromatic nitrogens is 1. The molecule has 1 aromatic heterocycles. The summed E-state index contributed by atoms with van der Waals surface area (Å²) in [5.74, 6) is -1.22. The predicted molar refractivity (Wildman–Crippen MR) is 89.8 cm³/mol. The molecule has 0 spiro atoms. The molecule has 7 nitrogen and oxygen atoms in total. The highest BCUT2D eigenvalue weighted by Gasteiger charge is 2.37. The number of amidine groups is 1. The van der Waals surface area contributed by atoms with Crippen molar-refractivity contribution >= 4 is 21.4 Å². The Morgan fingerprint density at radius 2 is 1.91 bits per heavy atom. The van der Waals surface area contributed by atoms with Crippen molar-refractivity contribution in [3.63, 3.8) is 0 Å². The number of nitrogens with zero attached hydrogens (tertiary/aromatic N) is 1. The zero-order valence-corrected chi connectivity index (χ0v) is 13.7. The normalized spacial score (nSPS) is 20.8. The van der Waals surface area contributed by atoms with Gasteiger partial charge in [-0.3, -0.25) is 5.73 Å². The van der Waals surface area contributed by atoms with E-state index in [0.29, 0.717) is 16.9 Å². The van der Waals surface area contributed by atoms with Crippen LogP contribution in [0.1, 0.15) is 25.1 Å². The highest BCUT2D eigenvalue weighted by molar-refractivity contribution is 7.92. The van der Waals surface area contributed by atoms with Crippen molar-refractivity contribution in [3.05, 3.63) is 47.8 Å². The Morgan fingerprint density at radius 1 is 1.22 bits per heavy atom. The Morgan fingerprint density at radius 3 is 2.61 bits per heavy atom. The zero-order chi connectivity index (χ0) is 16.8. The van der Waals surface area contributed by atoms with Crippen LogP contribution in [-0.4, -0.2) is 24.5 Å². The summed E-state index contributed by atoms with van der Waals surface area (Å²) in [6.07, 6.45) is 1.71. The topological polar surface area (TPSA) is 126 Å². The number of hydrogen-bond donors (Lipinski definition) is 4. The molecule has 6 N–H and O–H groups in total. The number of sulfone groups is 1. The number of aromatic amines is 1. The summed E-state index contributed by atoms with van der Waals surface area (Å²) in [5, 5.41) is 2.50. The van der Waals surface area contributed by atoms with E-state index in [1.54, 1.807) is 50.4 Å². The maximum absolute atomic E-state index is 12.6. The quantitative estimate of drug-likeness (QED) is 0.669. The van der Waals surface area contributed by atoms with E-state index in [0.717, 1.165) is 0 Å². The molecule has 122 valence electrons. The third-order valence-electron chi connectivity index (χ3n) is 3.85. The molecular formula is C15H19N5O2S. The van der Waals surface area contributed by atoms with Crippen LogP contribution >= 0.6 is 0 Å². The van der Waals surface area contributed by atoms with E-state index in [4.69, 9.17) is 11.5 Å². The number of nitrogens with one attached hydrogen (secondary N) is 2. The number of aliphatic imine (C=N–C) groups is 1. The minimum absolute atomic E-state index is 0.153. The monoisotopic (exact) mass is 333 g/mol. The van der Waals surface area contributed by atoms with Gasteiger partial charge in [-0.25, -0.2) is 13.4 Å². The van der Waals surface area contributed by atoms with Crippen LogP contribution in [0.4, 0.5) is 5.69 Å². The lowest BCUT2D eigenvalue weighted by molar-refractivity contribution is 0.519. The first-order valence-corrected chi connectivity index (χ1v) is 8.74. The Balaban J connectivity index is 2.19. The van der Waals surface area contributed by atoms with Gasteiger partial charge in [0.1, 0.15) is 11.5 Å². The Bertz CT molecular complexity index is 885. The number of anilines is 1. The molecule has 1 unspecified atom stereocenters. The second kappa shape index (κ2) is 5.10. The van der Waals surface area contributed by atoms with Gasteiger partial charge >= 0.3 is 0 Å². The van der Waals surface area contributed by atoms with E-state index in [9.17, 15) is 8.42 Å². The highest BCUT2D eigenvalue weighted by Crippen LogP contribution is 2.34. The van der Waals surface area contributed by atoms with Crippen molar-refractivity contribution in [1.29, 1.82) is 0 Å². The summed E-state index contributed by atoms with van der Waals surface area (Å²) in [5.41, 5.74) is 14.0. The molecule has 1 aliphatic rings. The number of rotatable bonds is 3. The molecule has 0 fully saturated rings. The average Bonchev–Trinajstić information content (AvgIpc) is 2.95. The van der Waals surface area contributed by atoms with Gasteiger partial charge in [-0.05, 0) is 26.0 Å². The fourth-order valence-corrected chi connectivity index (χ4v) is 3.88. The van der Waals surface area contributed by atoms with Crippen molar-refractivity contribution in [1.82, 2.24) is 4.98 Å². The van der Waals surface area contributed by atoms with Crippen LogP contribution in [0.5, 0.6) is 0 Å². The smallest absolute Gasteiger partial charge is 0.212 e. The fraction of sp³-hybridized carbons (Fsp3) is 0.267. The van der Waals surface area contributed by atoms with Crippen LogP contribution in [0.15, 0.2) is 46.4 Å². The summed E-state index contributed by atoms with van der Waals surface area (Å²) < 4.78 is 25.3. The summed E-state index contributed by atoms with van der Waals surface area (Å²) in [4.78, 5) is 7.42. The van der Waals surface area contributed by atoms with Crippen LogP contribution in [0.2, 0.25) is 0 Å². The molecule has 1 atom stereocenters. The van der Waals surface area contributed by atoms with E-state index in [2.05, 4.69) is 15.3 Å². The number of H-pyrrole nitrogens is 1. The third kappa shape index (κ3) is 2.40. The number of hydrogen-bond acceptors (Lipinski definition) is 6. The molecule has 2 aromatic rings. The number of nitrogens with two attached hydrogens (primary N) is 2. The van der Waals surface area contributed by atoms with Gasteiger partial charge in [0.15, 0.2) is 9.84 Å². The maximum Gasteiger partial charge on any atom is 0.212 e. The Kier molecular flexibility index (Phi) is 3.46. The van der Waals surface area contributed by atoms with Gasteiger partial charge in [0.25, 0.3) is 0 Å². The van der Waals surface area contributed by atoms with Gasteiger partial charge in [0, 0.05) is 11.8 Å². The summed E-state index contributed by atoms with van der Waals surface area (Å²) in [6.45, 7) is 3.26. The fourth-order valence-electron chi connectivity index (χ4n) is 2.58. The van der Waals surface area contributed by atoms with E-state index in [1.807, 2.05) is 0 Å². The molecule has 8 heteroatoms. The largest absolute Gasteiger partial charge is 0.382 e. The van der Waals surface area contributed by atoms with Gasteiger partial charge in [-0.1, -0.05) is 18.2 Å². The van der Waals surface area contributed by atoms with E-state index in [-0.39, 0.29) is 10.7 Å². The van der Waals surface area contributed by atoms with Crippen LogP contribution in [0, 0.1) is 0 Å². The zero-order valence-electron chi connectivity index (χ0n) is 12.9. The first kappa shape index (κ1) is 15.6. The van der Waals surface area contributed by atoms with Gasteiger partial charge in [0.05, 0.1) is 15.8 Å². The summed E-state index contributed by atoms with van der Waals surface area (Å²) in [7, 11) is -3.51. The lowest BCUT2D eigenvalue weighted by Crippen LogP contribution is -2.48. The van der Waals surface area contributed by atoms with Crippen LogP contribution in [0.3, 0.4) is 0 Å². The van der Waals surface area contributed by atoms with Crippen molar-refractivity contribution in [2.75, 3.05) is 5.32 Å². The highest BCUT2D eigenvalue weighted by atomic mass is 32.2. The molecule has 2 heterocycles. The minimum Gasteiger partial charge on any atom is -0.382 e. The second-order valence-corrected chi connectivity index (χ2v) is 8.22. The molecule has 3 rings (SSSR count). The standard InChI is InChI=1S/C15H19N5O2S/c1-9(2)23(21,22)12-6-4-3-5-10(12)15(17)19-11-7-8-18-13(11)14(16)20-15/h3-9,18-19H,17H2,1-2H3,(H2,16,20). The number of fused-ring (bicyclic) bond motifs is 1. The first-order valence-electron chi connectivity index (χ1n) is 7.19. The van der Waals surface area contributed by atoms with Gasteiger partial charge in [0.2, 0.25) is 5.79 Å². The summed E-state index contributed by atoms with van der Waals surface area (Å²) in [6, 6.07) is 8.36. The predicted octanol–water partition coefficient (Wildman–Crippen LogP) is 1.10. The molecule has 1 aromatic carbocycles. The van der Waals surface area contributed by atoms with Crippen molar-refractivity contribution in [2.24, 2.45) is 16.5 Å². The molecule has 0 amide bonds. The minimum atomic E-state index is -3.51. The molecule has 1 aliphatic heterocycles. The van der Waals surface area contributed by atoms with Crippen LogP contribution < -0.4 is 16.8 Å². The third-order valence-corrected chi connectivity index (χ3v) is 6.06. The van der Waals surface area contributed by atoms with Crippen molar-refractivity contribution in [3.8, 4) is 0 Å². The van der Waals surface area contributed by atoms with Crippen LogP contribution in [0.25, 0.3) is 0 Å². The molecule has 0 saturated carbocycles. The Labute approximate surface area is 134 Å². The van der Waals surface area contributed by atoms with Crippen molar-refractivity contribution < 1.29 is 8.42 Å². The second-order valence-electron chi connectivity index (χ2n) is 5.74. The lowest BCUT2D eigenvalue weighted by atomic mass is 10.1. The lowest BCUT2D eigenvalue weighted by Gasteiger charge is -2.33. The molecule has 0 saturated heterocycles. The van der Waals surface area contributed by atoms with Gasteiger partial charge in [-0.15, -0.1) is 0 Å². The van der Waals surface area contributed by atoms with Crippen molar-refractivity contribution in [2.45, 2.75) is 29.8 Å². The van der Waals surface area contributed by atoms with Crippen LogP contribution in [-0.2, 0) is 15.6 Å². The van der Waals surface area contributed by atoms with E-state index in [1.165, 1.54) is 0 Å². The maximum atomic E-state index is 12.6. The molecule has 0 radical (unpaired) electrons. The molecule has 0 bridgehead atoms. The first-order chi connectivity index (χ1) is 10.8. The van der Waals surface area contributed by atoms with Gasteiger partial charge < -0.3 is 16.0 Å². The number of benzene rings is 1. The average molecular weight is 333 g/mol. The van der Waals surface area contributed by atoms with E-state index >= 15 is 0 Å². The molecule has 23 heavy (non-hydrogen) atoms. The molecular weight excluding hydrogens is 314 g/mol. The van der Waals surface area contributed by atoms with Gasteiger partial charge in [-0.2, -0.15) is 0 Å². The van der Waals surface area contributed by atoms with E-state index < -0.39 is 20.9 Å². The SMILES string of the molecule is CC(C)S(=O)(=O)c1ccccc1C1(N)N=C(N)c2[nH]ccc2N1. The molecule has 0 aliphatic carbocycles. The summed E-state index contributed by atoms with van der Waals surface area (Å²) >= 11 is 0.